The second-order valence-electron chi connectivity index (χ2n) is 4.16. The van der Waals surface area contributed by atoms with E-state index in [1.54, 1.807) is 0 Å². The molecule has 1 aliphatic heterocycles. The molecular formula is C11H13N3O. The summed E-state index contributed by atoms with van der Waals surface area (Å²) in [6.45, 7) is 1.37. The Morgan fingerprint density at radius 3 is 3.20 bits per heavy atom. The van der Waals surface area contributed by atoms with Crippen molar-refractivity contribution in [2.24, 2.45) is 11.7 Å². The molecule has 0 aliphatic carbocycles. The summed E-state index contributed by atoms with van der Waals surface area (Å²) in [6, 6.07) is 6.00. The Hall–Kier alpha value is -1.55. The maximum atomic E-state index is 11.7. The molecule has 1 aromatic carbocycles. The lowest BCUT2D eigenvalue weighted by atomic mass is 9.95. The molecular weight excluding hydrogens is 190 g/mol. The summed E-state index contributed by atoms with van der Waals surface area (Å²) >= 11 is 0. The van der Waals surface area contributed by atoms with E-state index in [-0.39, 0.29) is 5.69 Å². The van der Waals surface area contributed by atoms with Crippen LogP contribution in [-0.4, -0.2) is 16.1 Å². The molecule has 0 saturated carbocycles. The van der Waals surface area contributed by atoms with Gasteiger partial charge in [0.05, 0.1) is 11.0 Å². The predicted molar refractivity (Wildman–Crippen MR) is 58.8 cm³/mol. The number of hydrogen-bond donors (Lipinski definition) is 2. The van der Waals surface area contributed by atoms with E-state index in [0.717, 1.165) is 24.0 Å². The zero-order chi connectivity index (χ0) is 10.4. The van der Waals surface area contributed by atoms with Crippen molar-refractivity contribution in [2.45, 2.75) is 13.0 Å². The van der Waals surface area contributed by atoms with Gasteiger partial charge >= 0.3 is 5.69 Å². The Balaban J connectivity index is 2.33. The number of nitrogens with two attached hydrogens (primary N) is 1. The van der Waals surface area contributed by atoms with E-state index in [2.05, 4.69) is 11.1 Å². The molecule has 0 spiro atoms. The summed E-state index contributed by atoms with van der Waals surface area (Å²) in [4.78, 5) is 14.6. The Bertz CT molecular complexity index is 567. The molecule has 2 heterocycles. The first-order valence-electron chi connectivity index (χ1n) is 5.20. The summed E-state index contributed by atoms with van der Waals surface area (Å²) < 4.78 is 1.81. The number of nitrogens with one attached hydrogen (secondary N) is 1. The number of H-pyrrole nitrogens is 1. The van der Waals surface area contributed by atoms with Crippen molar-refractivity contribution in [1.29, 1.82) is 0 Å². The van der Waals surface area contributed by atoms with E-state index in [0.29, 0.717) is 12.5 Å². The van der Waals surface area contributed by atoms with Gasteiger partial charge in [-0.2, -0.15) is 0 Å². The van der Waals surface area contributed by atoms with Crippen molar-refractivity contribution >= 4 is 11.0 Å². The molecule has 15 heavy (non-hydrogen) atoms. The van der Waals surface area contributed by atoms with Crippen molar-refractivity contribution in [1.82, 2.24) is 9.55 Å². The normalized spacial score (nSPS) is 19.7. The highest BCUT2D eigenvalue weighted by molar-refractivity contribution is 5.79. The molecule has 0 radical (unpaired) electrons. The van der Waals surface area contributed by atoms with Gasteiger partial charge < -0.3 is 10.7 Å². The molecule has 0 amide bonds. The van der Waals surface area contributed by atoms with E-state index in [1.807, 2.05) is 16.7 Å². The topological polar surface area (TPSA) is 63.8 Å². The molecule has 0 saturated heterocycles. The number of imidazole rings is 1. The lowest BCUT2D eigenvalue weighted by Gasteiger charge is -2.22. The van der Waals surface area contributed by atoms with Crippen LogP contribution < -0.4 is 11.4 Å². The highest BCUT2D eigenvalue weighted by Crippen LogP contribution is 2.24. The number of aromatic nitrogens is 2. The smallest absolute Gasteiger partial charge is 0.326 e. The molecule has 78 valence electrons. The summed E-state index contributed by atoms with van der Waals surface area (Å²) in [5, 5.41) is 0. The molecule has 4 nitrogen and oxygen atoms in total. The standard InChI is InChI=1S/C11H13N3O/c12-5-7-4-8-2-1-3-9-10(8)14(6-7)11(15)13-9/h1-3,7H,4-6,12H2,(H,13,15). The van der Waals surface area contributed by atoms with Crippen molar-refractivity contribution in [3.05, 3.63) is 34.2 Å². The van der Waals surface area contributed by atoms with E-state index in [9.17, 15) is 4.79 Å². The lowest BCUT2D eigenvalue weighted by Crippen LogP contribution is -2.30. The monoisotopic (exact) mass is 203 g/mol. The average molecular weight is 203 g/mol. The van der Waals surface area contributed by atoms with Crippen molar-refractivity contribution in [3.63, 3.8) is 0 Å². The van der Waals surface area contributed by atoms with Gasteiger partial charge in [0.25, 0.3) is 0 Å². The molecule has 1 aliphatic rings. The van der Waals surface area contributed by atoms with Gasteiger partial charge in [-0.3, -0.25) is 4.57 Å². The SMILES string of the molecule is NCC1Cc2cccc3[nH]c(=O)n(c23)C1. The lowest BCUT2D eigenvalue weighted by molar-refractivity contribution is 0.435. The van der Waals surface area contributed by atoms with Gasteiger partial charge in [-0.15, -0.1) is 0 Å². The Morgan fingerprint density at radius 2 is 2.40 bits per heavy atom. The highest BCUT2D eigenvalue weighted by atomic mass is 16.1. The average Bonchev–Trinajstić information content (AvgIpc) is 2.58. The fourth-order valence-electron chi connectivity index (χ4n) is 2.43. The second kappa shape index (κ2) is 2.97. The summed E-state index contributed by atoms with van der Waals surface area (Å²) in [7, 11) is 0. The van der Waals surface area contributed by atoms with Gasteiger partial charge in [0.15, 0.2) is 0 Å². The zero-order valence-corrected chi connectivity index (χ0v) is 8.36. The fraction of sp³-hybridized carbons (Fsp3) is 0.364. The number of nitrogens with zero attached hydrogens (tertiary/aromatic N) is 1. The number of para-hydroxylation sites is 1. The van der Waals surface area contributed by atoms with Crippen LogP contribution in [0.4, 0.5) is 0 Å². The summed E-state index contributed by atoms with van der Waals surface area (Å²) in [6.07, 6.45) is 0.977. The minimum Gasteiger partial charge on any atom is -0.330 e. The molecule has 2 aromatic rings. The molecule has 3 N–H and O–H groups in total. The van der Waals surface area contributed by atoms with Crippen LogP contribution in [0.1, 0.15) is 5.56 Å². The van der Waals surface area contributed by atoms with E-state index in [1.165, 1.54) is 5.56 Å². The largest absolute Gasteiger partial charge is 0.330 e. The van der Waals surface area contributed by atoms with Gasteiger partial charge in [-0.1, -0.05) is 12.1 Å². The van der Waals surface area contributed by atoms with Crippen LogP contribution in [0.25, 0.3) is 11.0 Å². The van der Waals surface area contributed by atoms with Gasteiger partial charge in [0.1, 0.15) is 0 Å². The van der Waals surface area contributed by atoms with Crippen LogP contribution in [0.5, 0.6) is 0 Å². The first-order valence-corrected chi connectivity index (χ1v) is 5.20. The molecule has 1 unspecified atom stereocenters. The third kappa shape index (κ3) is 1.15. The Kier molecular flexibility index (Phi) is 1.73. The van der Waals surface area contributed by atoms with Crippen LogP contribution in [0.2, 0.25) is 0 Å². The molecule has 0 fully saturated rings. The van der Waals surface area contributed by atoms with Crippen LogP contribution in [0.15, 0.2) is 23.0 Å². The van der Waals surface area contributed by atoms with Gasteiger partial charge in [-0.05, 0) is 30.5 Å². The highest BCUT2D eigenvalue weighted by Gasteiger charge is 2.21. The first kappa shape index (κ1) is 8.73. The number of benzene rings is 1. The van der Waals surface area contributed by atoms with Crippen molar-refractivity contribution in [2.75, 3.05) is 6.54 Å². The number of rotatable bonds is 1. The second-order valence-corrected chi connectivity index (χ2v) is 4.16. The minimum atomic E-state index is -0.0180. The van der Waals surface area contributed by atoms with Gasteiger partial charge in [0.2, 0.25) is 0 Å². The predicted octanol–water partition coefficient (Wildman–Crippen LogP) is 0.461. The Morgan fingerprint density at radius 1 is 1.53 bits per heavy atom. The zero-order valence-electron chi connectivity index (χ0n) is 8.36. The summed E-state index contributed by atoms with van der Waals surface area (Å²) in [5.74, 6) is 0.386. The fourth-order valence-corrected chi connectivity index (χ4v) is 2.43. The molecule has 3 rings (SSSR count). The molecule has 1 atom stereocenters. The van der Waals surface area contributed by atoms with Gasteiger partial charge in [0, 0.05) is 6.54 Å². The van der Waals surface area contributed by atoms with E-state index >= 15 is 0 Å². The third-order valence-electron chi connectivity index (χ3n) is 3.16. The van der Waals surface area contributed by atoms with Crippen molar-refractivity contribution < 1.29 is 0 Å². The van der Waals surface area contributed by atoms with E-state index in [4.69, 9.17) is 5.73 Å². The first-order chi connectivity index (χ1) is 7.29. The van der Waals surface area contributed by atoms with Crippen molar-refractivity contribution in [3.8, 4) is 0 Å². The minimum absolute atomic E-state index is 0.0180. The third-order valence-corrected chi connectivity index (χ3v) is 3.16. The number of hydrogen-bond acceptors (Lipinski definition) is 2. The summed E-state index contributed by atoms with van der Waals surface area (Å²) in [5.41, 5.74) is 8.89. The maximum absolute atomic E-state index is 11.7. The van der Waals surface area contributed by atoms with Crippen LogP contribution in [0.3, 0.4) is 0 Å². The molecule has 1 aromatic heterocycles. The van der Waals surface area contributed by atoms with Crippen LogP contribution >= 0.6 is 0 Å². The molecule has 4 heteroatoms. The Labute approximate surface area is 86.7 Å². The van der Waals surface area contributed by atoms with Gasteiger partial charge in [-0.25, -0.2) is 4.79 Å². The quantitative estimate of drug-likeness (QED) is 0.707. The molecule has 0 bridgehead atoms. The van der Waals surface area contributed by atoms with E-state index < -0.39 is 0 Å². The maximum Gasteiger partial charge on any atom is 0.326 e. The number of aromatic amines is 1. The van der Waals surface area contributed by atoms with Crippen LogP contribution in [0, 0.1) is 5.92 Å². The van der Waals surface area contributed by atoms with Crippen LogP contribution in [-0.2, 0) is 13.0 Å².